The van der Waals surface area contributed by atoms with Gasteiger partial charge in [0.25, 0.3) is 5.91 Å². The van der Waals surface area contributed by atoms with Crippen LogP contribution in [-0.2, 0) is 6.54 Å². The van der Waals surface area contributed by atoms with Gasteiger partial charge in [-0.15, -0.1) is 0 Å². The van der Waals surface area contributed by atoms with Crippen molar-refractivity contribution in [1.82, 2.24) is 19.4 Å². The number of rotatable bonds is 7. The molecule has 2 N–H and O–H groups in total. The van der Waals surface area contributed by atoms with Crippen LogP contribution in [0, 0.1) is 0 Å². The van der Waals surface area contributed by atoms with E-state index in [9.17, 15) is 4.79 Å². The van der Waals surface area contributed by atoms with Gasteiger partial charge in [-0.2, -0.15) is 0 Å². The molecule has 0 aliphatic carbocycles. The summed E-state index contributed by atoms with van der Waals surface area (Å²) in [5.41, 5.74) is 8.04. The number of nitrogens with two attached hydrogens (primary N) is 1. The van der Waals surface area contributed by atoms with Gasteiger partial charge >= 0.3 is 0 Å². The van der Waals surface area contributed by atoms with Crippen molar-refractivity contribution in [2.75, 3.05) is 39.3 Å². The zero-order chi connectivity index (χ0) is 20.2. The number of nitrogens with zero attached hydrogens (tertiary/aromatic N) is 4. The minimum Gasteiger partial charge on any atom is -0.366 e. The number of carbonyl (C=O) groups excluding carboxylic acids is 1. The second-order valence-electron chi connectivity index (χ2n) is 8.68. The molecular formula is C23H35N5O. The molecule has 2 aromatic rings. The summed E-state index contributed by atoms with van der Waals surface area (Å²) in [7, 11) is 0. The molecule has 1 amide bonds. The molecule has 0 atom stereocenters. The number of aromatic nitrogens is 2. The van der Waals surface area contributed by atoms with Crippen molar-refractivity contribution in [3.05, 3.63) is 29.6 Å². The Hall–Kier alpha value is -1.92. The molecule has 0 bridgehead atoms. The highest BCUT2D eigenvalue weighted by molar-refractivity contribution is 6.04. The van der Waals surface area contributed by atoms with E-state index in [-0.39, 0.29) is 5.91 Å². The Balaban J connectivity index is 1.62. The number of carbonyl (C=O) groups is 1. The number of para-hydroxylation sites is 1. The van der Waals surface area contributed by atoms with Crippen LogP contribution in [0.2, 0.25) is 0 Å². The molecule has 158 valence electrons. The van der Waals surface area contributed by atoms with Crippen molar-refractivity contribution >= 4 is 16.9 Å². The standard InChI is InChI=1S/C23H35N5O/c1-2-11-26-14-9-18(10-15-26)23-25-21-19(22(24)29)7-6-8-20(21)28(23)17-16-27-12-4-3-5-13-27/h6-8,18H,2-5,9-17H2,1H3,(H2,24,29). The highest BCUT2D eigenvalue weighted by Crippen LogP contribution is 2.31. The van der Waals surface area contributed by atoms with E-state index in [1.807, 2.05) is 6.07 Å². The fraction of sp³-hybridized carbons (Fsp3) is 0.652. The third-order valence-corrected chi connectivity index (χ3v) is 6.65. The minimum atomic E-state index is -0.388. The lowest BCUT2D eigenvalue weighted by atomic mass is 9.95. The molecular weight excluding hydrogens is 362 g/mol. The van der Waals surface area contributed by atoms with Gasteiger partial charge in [0.15, 0.2) is 0 Å². The molecule has 0 unspecified atom stereocenters. The molecule has 29 heavy (non-hydrogen) atoms. The maximum absolute atomic E-state index is 12.0. The third kappa shape index (κ3) is 4.48. The summed E-state index contributed by atoms with van der Waals surface area (Å²) in [6.07, 6.45) is 7.45. The number of amides is 1. The van der Waals surface area contributed by atoms with Crippen LogP contribution in [0.25, 0.3) is 11.0 Å². The Kier molecular flexibility index (Phi) is 6.50. The average molecular weight is 398 g/mol. The fourth-order valence-corrected chi connectivity index (χ4v) is 5.07. The Labute approximate surface area is 174 Å². The summed E-state index contributed by atoms with van der Waals surface area (Å²) in [5, 5.41) is 0. The molecule has 6 nitrogen and oxygen atoms in total. The van der Waals surface area contributed by atoms with Gasteiger partial charge in [0, 0.05) is 19.0 Å². The van der Waals surface area contributed by atoms with Crippen LogP contribution in [0.15, 0.2) is 18.2 Å². The highest BCUT2D eigenvalue weighted by atomic mass is 16.1. The molecule has 4 rings (SSSR count). The van der Waals surface area contributed by atoms with Gasteiger partial charge in [-0.05, 0) is 77.0 Å². The first-order valence-electron chi connectivity index (χ1n) is 11.4. The summed E-state index contributed by atoms with van der Waals surface area (Å²) in [5.74, 6) is 1.22. The van der Waals surface area contributed by atoms with Crippen LogP contribution < -0.4 is 5.73 Å². The Bertz CT molecular complexity index is 831. The fourth-order valence-electron chi connectivity index (χ4n) is 5.07. The van der Waals surface area contributed by atoms with Crippen molar-refractivity contribution in [3.63, 3.8) is 0 Å². The van der Waals surface area contributed by atoms with Gasteiger partial charge in [0.05, 0.1) is 11.1 Å². The van der Waals surface area contributed by atoms with E-state index in [1.54, 1.807) is 6.07 Å². The number of likely N-dealkylation sites (tertiary alicyclic amines) is 2. The predicted molar refractivity (Wildman–Crippen MR) is 117 cm³/mol. The van der Waals surface area contributed by atoms with Gasteiger partial charge in [0.1, 0.15) is 11.3 Å². The second-order valence-corrected chi connectivity index (χ2v) is 8.68. The summed E-state index contributed by atoms with van der Waals surface area (Å²) >= 11 is 0. The molecule has 0 spiro atoms. The van der Waals surface area contributed by atoms with Crippen molar-refractivity contribution < 1.29 is 4.79 Å². The number of imidazole rings is 1. The molecule has 1 aromatic carbocycles. The number of piperidine rings is 2. The van der Waals surface area contributed by atoms with E-state index in [0.29, 0.717) is 11.5 Å². The lowest BCUT2D eigenvalue weighted by Crippen LogP contribution is -2.35. The van der Waals surface area contributed by atoms with Crippen LogP contribution in [0.3, 0.4) is 0 Å². The quantitative estimate of drug-likeness (QED) is 0.779. The minimum absolute atomic E-state index is 0.388. The number of hydrogen-bond donors (Lipinski definition) is 1. The predicted octanol–water partition coefficient (Wildman–Crippen LogP) is 3.21. The van der Waals surface area contributed by atoms with Crippen LogP contribution >= 0.6 is 0 Å². The SMILES string of the molecule is CCCN1CCC(c2nc3c(C(N)=O)cccc3n2CCN2CCCCC2)CC1. The molecule has 2 aliphatic rings. The van der Waals surface area contributed by atoms with E-state index < -0.39 is 0 Å². The van der Waals surface area contributed by atoms with E-state index in [0.717, 1.165) is 55.9 Å². The van der Waals surface area contributed by atoms with Crippen LogP contribution in [0.5, 0.6) is 0 Å². The first kappa shape index (κ1) is 20.4. The Morgan fingerprint density at radius 1 is 1.03 bits per heavy atom. The van der Waals surface area contributed by atoms with Crippen molar-refractivity contribution in [2.24, 2.45) is 5.73 Å². The Morgan fingerprint density at radius 2 is 1.76 bits per heavy atom. The van der Waals surface area contributed by atoms with Crippen LogP contribution in [-0.4, -0.2) is 64.5 Å². The zero-order valence-corrected chi connectivity index (χ0v) is 17.8. The van der Waals surface area contributed by atoms with Gasteiger partial charge in [-0.3, -0.25) is 4.79 Å². The average Bonchev–Trinajstić information content (AvgIpc) is 3.12. The van der Waals surface area contributed by atoms with Gasteiger partial charge in [0.2, 0.25) is 0 Å². The monoisotopic (exact) mass is 397 g/mol. The Morgan fingerprint density at radius 3 is 2.45 bits per heavy atom. The molecule has 2 aliphatic heterocycles. The topological polar surface area (TPSA) is 67.4 Å². The maximum atomic E-state index is 12.0. The van der Waals surface area contributed by atoms with Gasteiger partial charge in [-0.1, -0.05) is 19.4 Å². The lowest BCUT2D eigenvalue weighted by Gasteiger charge is -2.32. The number of fused-ring (bicyclic) bond motifs is 1. The molecule has 2 saturated heterocycles. The third-order valence-electron chi connectivity index (χ3n) is 6.65. The summed E-state index contributed by atoms with van der Waals surface area (Å²) < 4.78 is 2.39. The highest BCUT2D eigenvalue weighted by Gasteiger charge is 2.26. The van der Waals surface area contributed by atoms with E-state index >= 15 is 0 Å². The van der Waals surface area contributed by atoms with E-state index in [4.69, 9.17) is 10.7 Å². The first-order valence-corrected chi connectivity index (χ1v) is 11.4. The largest absolute Gasteiger partial charge is 0.366 e. The van der Waals surface area contributed by atoms with Gasteiger partial charge in [-0.25, -0.2) is 4.98 Å². The first-order chi connectivity index (χ1) is 14.2. The molecule has 3 heterocycles. The normalized spacial score (nSPS) is 19.8. The molecule has 0 saturated carbocycles. The van der Waals surface area contributed by atoms with Crippen LogP contribution in [0.4, 0.5) is 0 Å². The van der Waals surface area contributed by atoms with Crippen molar-refractivity contribution in [3.8, 4) is 0 Å². The summed E-state index contributed by atoms with van der Waals surface area (Å²) in [6.45, 7) is 10.1. The van der Waals surface area contributed by atoms with E-state index in [2.05, 4.69) is 27.4 Å². The van der Waals surface area contributed by atoms with Crippen molar-refractivity contribution in [1.29, 1.82) is 0 Å². The maximum Gasteiger partial charge on any atom is 0.250 e. The smallest absolute Gasteiger partial charge is 0.250 e. The molecule has 6 heteroatoms. The van der Waals surface area contributed by atoms with E-state index in [1.165, 1.54) is 45.3 Å². The zero-order valence-electron chi connectivity index (χ0n) is 17.8. The van der Waals surface area contributed by atoms with Crippen LogP contribution in [0.1, 0.15) is 67.5 Å². The molecule has 0 radical (unpaired) electrons. The van der Waals surface area contributed by atoms with Gasteiger partial charge < -0.3 is 20.1 Å². The lowest BCUT2D eigenvalue weighted by molar-refractivity contribution is 0.100. The number of primary amides is 1. The number of hydrogen-bond acceptors (Lipinski definition) is 4. The van der Waals surface area contributed by atoms with Crippen molar-refractivity contribution in [2.45, 2.75) is 57.9 Å². The molecule has 2 fully saturated rings. The summed E-state index contributed by atoms with van der Waals surface area (Å²) in [4.78, 5) is 22.1. The summed E-state index contributed by atoms with van der Waals surface area (Å²) in [6, 6.07) is 5.84. The second kappa shape index (κ2) is 9.26. The number of benzene rings is 1. The molecule has 1 aromatic heterocycles.